The van der Waals surface area contributed by atoms with E-state index in [1.54, 1.807) is 0 Å². The average Bonchev–Trinajstić information content (AvgIpc) is 3.35. The van der Waals surface area contributed by atoms with E-state index in [0.29, 0.717) is 5.92 Å². The molecule has 0 bridgehead atoms. The highest BCUT2D eigenvalue weighted by atomic mass is 32.1. The number of anilines is 1. The number of rotatable bonds is 3. The van der Waals surface area contributed by atoms with Gasteiger partial charge in [0.05, 0.1) is 10.3 Å². The Bertz CT molecular complexity index is 1050. The van der Waals surface area contributed by atoms with E-state index in [4.69, 9.17) is 9.97 Å². The summed E-state index contributed by atoms with van der Waals surface area (Å²) in [5.74, 6) is 2.50. The van der Waals surface area contributed by atoms with Crippen molar-refractivity contribution in [2.45, 2.75) is 51.9 Å². The summed E-state index contributed by atoms with van der Waals surface area (Å²) in [6, 6.07) is 3.87. The lowest BCUT2D eigenvalue weighted by atomic mass is 10.1. The van der Waals surface area contributed by atoms with Gasteiger partial charge >= 0.3 is 0 Å². The lowest BCUT2D eigenvalue weighted by Crippen LogP contribution is -2.49. The molecule has 0 spiro atoms. The summed E-state index contributed by atoms with van der Waals surface area (Å²) < 4.78 is 0. The molecular formula is C23H28N4OS2. The maximum atomic E-state index is 12.7. The largest absolute Gasteiger partial charge is 0.352 e. The summed E-state index contributed by atoms with van der Waals surface area (Å²) >= 11 is 3.41. The van der Waals surface area contributed by atoms with E-state index in [0.717, 1.165) is 53.9 Å². The molecule has 1 aliphatic heterocycles. The zero-order chi connectivity index (χ0) is 20.7. The predicted molar refractivity (Wildman–Crippen MR) is 125 cm³/mol. The van der Waals surface area contributed by atoms with Gasteiger partial charge in [0.25, 0.3) is 5.91 Å². The van der Waals surface area contributed by atoms with Gasteiger partial charge in [0, 0.05) is 37.0 Å². The third kappa shape index (κ3) is 3.62. The van der Waals surface area contributed by atoms with E-state index in [1.165, 1.54) is 52.8 Å². The van der Waals surface area contributed by atoms with Gasteiger partial charge in [-0.1, -0.05) is 26.3 Å². The lowest BCUT2D eigenvalue weighted by molar-refractivity contribution is 0.0751. The van der Waals surface area contributed by atoms with Crippen LogP contribution in [0.3, 0.4) is 0 Å². The Labute approximate surface area is 185 Å². The fourth-order valence-electron chi connectivity index (χ4n) is 4.50. The van der Waals surface area contributed by atoms with Crippen LogP contribution in [0.25, 0.3) is 10.2 Å². The normalized spacial score (nSPS) is 17.4. The molecule has 0 aromatic carbocycles. The minimum atomic E-state index is 0.157. The molecule has 0 radical (unpaired) electrons. The Kier molecular flexibility index (Phi) is 5.50. The van der Waals surface area contributed by atoms with E-state index in [9.17, 15) is 4.79 Å². The number of amides is 1. The zero-order valence-electron chi connectivity index (χ0n) is 17.7. The first kappa shape index (κ1) is 19.9. The lowest BCUT2D eigenvalue weighted by Gasteiger charge is -2.35. The average molecular weight is 441 g/mol. The van der Waals surface area contributed by atoms with E-state index in [1.807, 2.05) is 33.7 Å². The van der Waals surface area contributed by atoms with Crippen LogP contribution >= 0.6 is 22.7 Å². The fraction of sp³-hybridized carbons (Fsp3) is 0.522. The molecule has 3 aromatic rings. The first-order valence-corrected chi connectivity index (χ1v) is 12.7. The predicted octanol–water partition coefficient (Wildman–Crippen LogP) is 5.11. The summed E-state index contributed by atoms with van der Waals surface area (Å²) in [7, 11) is 0. The second kappa shape index (κ2) is 8.27. The number of nitrogens with zero attached hydrogens (tertiary/aromatic N) is 4. The quantitative estimate of drug-likeness (QED) is 0.531. The second-order valence-electron chi connectivity index (χ2n) is 8.56. The van der Waals surface area contributed by atoms with Crippen LogP contribution < -0.4 is 4.90 Å². The van der Waals surface area contributed by atoms with Crippen molar-refractivity contribution in [3.63, 3.8) is 0 Å². The van der Waals surface area contributed by atoms with Gasteiger partial charge in [0.2, 0.25) is 0 Å². The number of hydrogen-bond acceptors (Lipinski definition) is 6. The Morgan fingerprint density at radius 3 is 2.60 bits per heavy atom. The van der Waals surface area contributed by atoms with Crippen LogP contribution in [0, 0.1) is 0 Å². The molecule has 0 saturated carbocycles. The van der Waals surface area contributed by atoms with Crippen LogP contribution in [-0.2, 0) is 12.8 Å². The number of carbonyl (C=O) groups is 1. The third-order valence-corrected chi connectivity index (χ3v) is 8.22. The van der Waals surface area contributed by atoms with Gasteiger partial charge in [-0.3, -0.25) is 4.79 Å². The number of piperazine rings is 1. The molecule has 158 valence electrons. The summed E-state index contributed by atoms with van der Waals surface area (Å²) in [6.45, 7) is 7.47. The monoisotopic (exact) mass is 440 g/mol. The molecule has 0 unspecified atom stereocenters. The SMILES string of the molecule is CC(C)c1nc(N2CCN(C(=O)c3cccs3)CC2)c2c3c(sc2n1)CCCCC3. The Morgan fingerprint density at radius 2 is 1.87 bits per heavy atom. The van der Waals surface area contributed by atoms with Crippen LogP contribution in [0.1, 0.15) is 65.0 Å². The van der Waals surface area contributed by atoms with Gasteiger partial charge in [-0.05, 0) is 42.7 Å². The van der Waals surface area contributed by atoms with Gasteiger partial charge in [-0.2, -0.15) is 0 Å². The number of fused-ring (bicyclic) bond motifs is 3. The smallest absolute Gasteiger partial charge is 0.264 e. The Balaban J connectivity index is 1.47. The van der Waals surface area contributed by atoms with Crippen molar-refractivity contribution in [3.8, 4) is 0 Å². The molecule has 1 aliphatic carbocycles. The molecule has 2 aliphatic rings. The number of thiophene rings is 2. The number of hydrogen-bond donors (Lipinski definition) is 0. The highest BCUT2D eigenvalue weighted by Crippen LogP contribution is 2.40. The molecule has 1 amide bonds. The van der Waals surface area contributed by atoms with Crippen molar-refractivity contribution in [3.05, 3.63) is 38.7 Å². The van der Waals surface area contributed by atoms with Gasteiger partial charge < -0.3 is 9.80 Å². The molecule has 0 N–H and O–H groups in total. The molecule has 4 heterocycles. The van der Waals surface area contributed by atoms with E-state index < -0.39 is 0 Å². The van der Waals surface area contributed by atoms with Crippen LogP contribution in [0.2, 0.25) is 0 Å². The van der Waals surface area contributed by atoms with Gasteiger partial charge in [0.1, 0.15) is 16.5 Å². The van der Waals surface area contributed by atoms with E-state index in [2.05, 4.69) is 18.7 Å². The van der Waals surface area contributed by atoms with Gasteiger partial charge in [-0.15, -0.1) is 22.7 Å². The van der Waals surface area contributed by atoms with Crippen LogP contribution in [0.5, 0.6) is 0 Å². The maximum Gasteiger partial charge on any atom is 0.264 e. The third-order valence-electron chi connectivity index (χ3n) is 6.18. The highest BCUT2D eigenvalue weighted by Gasteiger charge is 2.28. The van der Waals surface area contributed by atoms with Crippen molar-refractivity contribution in [1.29, 1.82) is 0 Å². The second-order valence-corrected chi connectivity index (χ2v) is 10.6. The van der Waals surface area contributed by atoms with Crippen molar-refractivity contribution in [1.82, 2.24) is 14.9 Å². The standard InChI is InChI=1S/C23H28N4OS2/c1-15(2)20-24-21(19-16-7-4-3-5-8-17(16)30-22(19)25-20)26-10-12-27(13-11-26)23(28)18-9-6-14-29-18/h6,9,14-15H,3-5,7-8,10-13H2,1-2H3. The first-order valence-electron chi connectivity index (χ1n) is 11.0. The van der Waals surface area contributed by atoms with Crippen LogP contribution in [0.15, 0.2) is 17.5 Å². The van der Waals surface area contributed by atoms with Crippen molar-refractivity contribution in [2.24, 2.45) is 0 Å². The van der Waals surface area contributed by atoms with Gasteiger partial charge in [0.15, 0.2) is 0 Å². The summed E-state index contributed by atoms with van der Waals surface area (Å²) in [4.78, 5) is 30.7. The summed E-state index contributed by atoms with van der Waals surface area (Å²) in [6.07, 6.45) is 6.17. The molecule has 30 heavy (non-hydrogen) atoms. The van der Waals surface area contributed by atoms with Crippen molar-refractivity contribution >= 4 is 44.6 Å². The van der Waals surface area contributed by atoms with E-state index >= 15 is 0 Å². The first-order chi connectivity index (χ1) is 14.6. The molecule has 0 atom stereocenters. The fourth-order valence-corrected chi connectivity index (χ4v) is 6.45. The highest BCUT2D eigenvalue weighted by molar-refractivity contribution is 7.19. The summed E-state index contributed by atoms with van der Waals surface area (Å²) in [5.41, 5.74) is 1.50. The topological polar surface area (TPSA) is 49.3 Å². The van der Waals surface area contributed by atoms with Crippen molar-refractivity contribution < 1.29 is 4.79 Å². The minimum absolute atomic E-state index is 0.157. The molecule has 7 heteroatoms. The Morgan fingerprint density at radius 1 is 1.07 bits per heavy atom. The van der Waals surface area contributed by atoms with E-state index in [-0.39, 0.29) is 5.91 Å². The van der Waals surface area contributed by atoms with Crippen molar-refractivity contribution in [2.75, 3.05) is 31.1 Å². The number of carbonyl (C=O) groups excluding carboxylic acids is 1. The molecule has 1 saturated heterocycles. The molecule has 3 aromatic heterocycles. The van der Waals surface area contributed by atoms with Gasteiger partial charge in [-0.25, -0.2) is 9.97 Å². The van der Waals surface area contributed by atoms with Crippen LogP contribution in [0.4, 0.5) is 5.82 Å². The molecule has 1 fully saturated rings. The Hall–Kier alpha value is -1.99. The number of aryl methyl sites for hydroxylation is 2. The molecular weight excluding hydrogens is 412 g/mol. The minimum Gasteiger partial charge on any atom is -0.352 e. The maximum absolute atomic E-state index is 12.7. The molecule has 5 nitrogen and oxygen atoms in total. The zero-order valence-corrected chi connectivity index (χ0v) is 19.3. The summed E-state index contributed by atoms with van der Waals surface area (Å²) in [5, 5.41) is 3.26. The van der Waals surface area contributed by atoms with Crippen LogP contribution in [-0.4, -0.2) is 47.0 Å². The number of aromatic nitrogens is 2. The molecule has 5 rings (SSSR count).